The largest absolute Gasteiger partial charge is 0.311 e. The molecule has 2 N–H and O–H groups in total. The van der Waals surface area contributed by atoms with Crippen molar-refractivity contribution in [3.63, 3.8) is 0 Å². The van der Waals surface area contributed by atoms with Crippen LogP contribution in [0.1, 0.15) is 17.0 Å². The van der Waals surface area contributed by atoms with Gasteiger partial charge >= 0.3 is 0 Å². The quantitative estimate of drug-likeness (QED) is 0.725. The van der Waals surface area contributed by atoms with Crippen LogP contribution in [0.2, 0.25) is 0 Å². The van der Waals surface area contributed by atoms with Crippen LogP contribution < -0.4 is 10.6 Å². The number of amides is 1. The number of hydrogen-bond donors (Lipinski definition) is 2. The van der Waals surface area contributed by atoms with E-state index >= 15 is 0 Å². The predicted molar refractivity (Wildman–Crippen MR) is 59.6 cm³/mol. The highest BCUT2D eigenvalue weighted by Crippen LogP contribution is 2.25. The van der Waals surface area contributed by atoms with Crippen LogP contribution in [0.3, 0.4) is 0 Å². The number of nitrogens with one attached hydrogen (secondary N) is 2. The Labute approximate surface area is 92.1 Å². The summed E-state index contributed by atoms with van der Waals surface area (Å²) < 4.78 is 0. The Morgan fingerprint density at radius 2 is 2.60 bits per heavy atom. The Morgan fingerprint density at radius 1 is 1.73 bits per heavy atom. The van der Waals surface area contributed by atoms with Gasteiger partial charge in [0.15, 0.2) is 5.13 Å². The number of aromatic nitrogens is 1. The van der Waals surface area contributed by atoms with E-state index in [2.05, 4.69) is 21.5 Å². The average molecular weight is 221 g/mol. The summed E-state index contributed by atoms with van der Waals surface area (Å²) in [5.41, 5.74) is 1.09. The number of thiazole rings is 1. The summed E-state index contributed by atoms with van der Waals surface area (Å²) in [4.78, 5) is 16.8. The maximum Gasteiger partial charge on any atom is 0.238 e. The molecule has 0 bridgehead atoms. The molecule has 0 atom stereocenters. The lowest BCUT2D eigenvalue weighted by Gasteiger charge is -2.09. The van der Waals surface area contributed by atoms with Gasteiger partial charge < -0.3 is 10.6 Å². The molecule has 78 valence electrons. The van der Waals surface area contributed by atoms with E-state index in [1.165, 1.54) is 16.2 Å². The molecule has 15 heavy (non-hydrogen) atoms. The molecule has 0 saturated heterocycles. The van der Waals surface area contributed by atoms with Gasteiger partial charge in [-0.2, -0.15) is 0 Å². The second-order valence-corrected chi connectivity index (χ2v) is 4.33. The van der Waals surface area contributed by atoms with E-state index in [9.17, 15) is 4.79 Å². The number of fused-ring (bicyclic) bond motifs is 1. The van der Waals surface area contributed by atoms with Crippen LogP contribution in [-0.4, -0.2) is 17.4 Å². The van der Waals surface area contributed by atoms with Crippen molar-refractivity contribution in [3.05, 3.63) is 10.6 Å². The minimum Gasteiger partial charge on any atom is -0.311 e. The van der Waals surface area contributed by atoms with Crippen LogP contribution in [0.15, 0.2) is 0 Å². The predicted octanol–water partition coefficient (Wildman–Crippen LogP) is 0.751. The van der Waals surface area contributed by atoms with Crippen LogP contribution in [0, 0.1) is 12.3 Å². The molecule has 1 amide bonds. The van der Waals surface area contributed by atoms with E-state index in [4.69, 9.17) is 6.42 Å². The number of hydrogen-bond acceptors (Lipinski definition) is 4. The van der Waals surface area contributed by atoms with Crippen molar-refractivity contribution in [2.45, 2.75) is 19.4 Å². The van der Waals surface area contributed by atoms with E-state index in [0.717, 1.165) is 25.2 Å². The average Bonchev–Trinajstić information content (AvgIpc) is 2.59. The van der Waals surface area contributed by atoms with E-state index < -0.39 is 0 Å². The van der Waals surface area contributed by atoms with Gasteiger partial charge in [0, 0.05) is 24.4 Å². The first-order valence-corrected chi connectivity index (χ1v) is 5.54. The lowest BCUT2D eigenvalue weighted by atomic mass is 10.2. The van der Waals surface area contributed by atoms with Crippen molar-refractivity contribution in [2.24, 2.45) is 0 Å². The zero-order chi connectivity index (χ0) is 10.7. The fourth-order valence-electron chi connectivity index (χ4n) is 1.44. The molecule has 4 nitrogen and oxygen atoms in total. The van der Waals surface area contributed by atoms with Gasteiger partial charge in [-0.1, -0.05) is 5.92 Å². The van der Waals surface area contributed by atoms with Gasteiger partial charge in [0.2, 0.25) is 5.91 Å². The third-order valence-corrected chi connectivity index (χ3v) is 3.12. The Morgan fingerprint density at radius 3 is 3.33 bits per heavy atom. The van der Waals surface area contributed by atoms with Gasteiger partial charge in [-0.3, -0.25) is 4.79 Å². The summed E-state index contributed by atoms with van der Waals surface area (Å²) in [6.45, 7) is 1.80. The molecule has 0 spiro atoms. The van der Waals surface area contributed by atoms with Crippen LogP contribution >= 0.6 is 11.3 Å². The third kappa shape index (κ3) is 2.35. The van der Waals surface area contributed by atoms with Gasteiger partial charge in [-0.15, -0.1) is 17.8 Å². The summed E-state index contributed by atoms with van der Waals surface area (Å²) in [6, 6.07) is 0. The molecule has 2 heterocycles. The number of rotatable bonds is 2. The molecule has 0 fully saturated rings. The Bertz CT molecular complexity index is 395. The van der Waals surface area contributed by atoms with Crippen LogP contribution in [0.25, 0.3) is 0 Å². The maximum atomic E-state index is 11.2. The van der Waals surface area contributed by atoms with Crippen molar-refractivity contribution in [3.8, 4) is 12.3 Å². The minimum atomic E-state index is -0.170. The van der Waals surface area contributed by atoms with Crippen LogP contribution in [0.4, 0.5) is 5.13 Å². The van der Waals surface area contributed by atoms with Gasteiger partial charge in [-0.25, -0.2) is 4.98 Å². The SMILES string of the molecule is C#CCC(=O)Nc1nc2c(s1)CNCC2. The molecule has 1 aliphatic heterocycles. The smallest absolute Gasteiger partial charge is 0.238 e. The molecular weight excluding hydrogens is 210 g/mol. The number of anilines is 1. The molecule has 5 heteroatoms. The second-order valence-electron chi connectivity index (χ2n) is 3.24. The zero-order valence-electron chi connectivity index (χ0n) is 8.17. The molecule has 1 aromatic heterocycles. The molecule has 0 aliphatic carbocycles. The van der Waals surface area contributed by atoms with Crippen LogP contribution in [-0.2, 0) is 17.8 Å². The first-order valence-electron chi connectivity index (χ1n) is 4.72. The van der Waals surface area contributed by atoms with Crippen molar-refractivity contribution in [1.82, 2.24) is 10.3 Å². The lowest BCUT2D eigenvalue weighted by molar-refractivity contribution is -0.115. The molecule has 1 aliphatic rings. The standard InChI is InChI=1S/C10H11N3OS/c1-2-3-9(14)13-10-12-7-4-5-11-6-8(7)15-10/h1,11H,3-6H2,(H,12,13,14). The Balaban J connectivity index is 2.07. The Kier molecular flexibility index (Phi) is 2.99. The van der Waals surface area contributed by atoms with E-state index in [-0.39, 0.29) is 12.3 Å². The Hall–Kier alpha value is -1.38. The van der Waals surface area contributed by atoms with Crippen molar-refractivity contribution < 1.29 is 4.79 Å². The fourth-order valence-corrected chi connectivity index (χ4v) is 2.43. The van der Waals surface area contributed by atoms with E-state index in [1.807, 2.05) is 0 Å². The van der Waals surface area contributed by atoms with Crippen molar-refractivity contribution >= 4 is 22.4 Å². The monoisotopic (exact) mass is 221 g/mol. The lowest BCUT2D eigenvalue weighted by Crippen LogP contribution is -2.22. The maximum absolute atomic E-state index is 11.2. The first-order chi connectivity index (χ1) is 7.29. The molecule has 0 radical (unpaired) electrons. The molecule has 0 aromatic carbocycles. The molecule has 0 saturated carbocycles. The fraction of sp³-hybridized carbons (Fsp3) is 0.400. The number of terminal acetylenes is 1. The number of carbonyl (C=O) groups is 1. The highest BCUT2D eigenvalue weighted by molar-refractivity contribution is 7.15. The normalized spacial score (nSPS) is 14.1. The van der Waals surface area contributed by atoms with E-state index in [1.54, 1.807) is 0 Å². The molecule has 1 aromatic rings. The summed E-state index contributed by atoms with van der Waals surface area (Å²) >= 11 is 1.52. The third-order valence-electron chi connectivity index (χ3n) is 2.11. The van der Waals surface area contributed by atoms with Crippen LogP contribution in [0.5, 0.6) is 0 Å². The summed E-state index contributed by atoms with van der Waals surface area (Å²) in [6.07, 6.45) is 6.07. The first kappa shape index (κ1) is 10.1. The van der Waals surface area contributed by atoms with Crippen molar-refractivity contribution in [2.75, 3.05) is 11.9 Å². The summed E-state index contributed by atoms with van der Waals surface area (Å²) in [5, 5.41) is 6.61. The number of nitrogens with zero attached hydrogens (tertiary/aromatic N) is 1. The van der Waals surface area contributed by atoms with Crippen molar-refractivity contribution in [1.29, 1.82) is 0 Å². The van der Waals surface area contributed by atoms with Gasteiger partial charge in [-0.05, 0) is 0 Å². The van der Waals surface area contributed by atoms with E-state index in [0.29, 0.717) is 5.13 Å². The van der Waals surface area contributed by atoms with Gasteiger partial charge in [0.05, 0.1) is 12.1 Å². The van der Waals surface area contributed by atoms with Gasteiger partial charge in [0.25, 0.3) is 0 Å². The minimum absolute atomic E-state index is 0.0997. The molecular formula is C10H11N3OS. The molecule has 0 unspecified atom stereocenters. The zero-order valence-corrected chi connectivity index (χ0v) is 8.99. The highest BCUT2D eigenvalue weighted by Gasteiger charge is 2.15. The highest BCUT2D eigenvalue weighted by atomic mass is 32.1. The summed E-state index contributed by atoms with van der Waals surface area (Å²) in [5.74, 6) is 2.13. The summed E-state index contributed by atoms with van der Waals surface area (Å²) in [7, 11) is 0. The second kappa shape index (κ2) is 4.43. The number of carbonyl (C=O) groups excluding carboxylic acids is 1. The van der Waals surface area contributed by atoms with Gasteiger partial charge in [0.1, 0.15) is 0 Å². The topological polar surface area (TPSA) is 54.0 Å². The molecule has 2 rings (SSSR count).